The van der Waals surface area contributed by atoms with Crippen molar-refractivity contribution < 1.29 is 5.11 Å². The zero-order valence-corrected chi connectivity index (χ0v) is 11.5. The highest BCUT2D eigenvalue weighted by Gasteiger charge is 2.24. The number of hydrogen-bond acceptors (Lipinski definition) is 2. The van der Waals surface area contributed by atoms with Gasteiger partial charge < -0.3 is 5.11 Å². The van der Waals surface area contributed by atoms with Crippen LogP contribution in [0.25, 0.3) is 10.9 Å². The third-order valence-corrected chi connectivity index (χ3v) is 3.67. The molecule has 0 saturated carbocycles. The molecule has 0 fully saturated rings. The molecule has 0 bridgehead atoms. The smallest absolute Gasteiger partial charge is 0.0908 e. The summed E-state index contributed by atoms with van der Waals surface area (Å²) in [5.41, 5.74) is 2.13. The van der Waals surface area contributed by atoms with Gasteiger partial charge in [-0.05, 0) is 30.2 Å². The molecule has 1 aromatic heterocycles. The monoisotopic (exact) mass is 263 g/mol. The minimum atomic E-state index is -0.884. The molecular weight excluding hydrogens is 246 g/mol. The second kappa shape index (κ2) is 5.06. The molecule has 20 heavy (non-hydrogen) atoms. The van der Waals surface area contributed by atoms with E-state index in [-0.39, 0.29) is 0 Å². The van der Waals surface area contributed by atoms with Crippen LogP contribution < -0.4 is 0 Å². The van der Waals surface area contributed by atoms with Crippen molar-refractivity contribution >= 4 is 10.9 Å². The Balaban J connectivity index is 2.01. The van der Waals surface area contributed by atoms with Crippen LogP contribution >= 0.6 is 0 Å². The van der Waals surface area contributed by atoms with E-state index in [0.717, 1.165) is 22.0 Å². The number of fused-ring (bicyclic) bond motifs is 1. The lowest BCUT2D eigenvalue weighted by molar-refractivity contribution is 0.0579. The average molecular weight is 263 g/mol. The Morgan fingerprint density at radius 3 is 2.45 bits per heavy atom. The second-order valence-corrected chi connectivity index (χ2v) is 5.30. The minimum absolute atomic E-state index is 0.569. The van der Waals surface area contributed by atoms with Gasteiger partial charge in [-0.3, -0.25) is 4.98 Å². The molecule has 3 aromatic rings. The molecule has 2 aromatic carbocycles. The van der Waals surface area contributed by atoms with Crippen molar-refractivity contribution in [3.8, 4) is 0 Å². The highest BCUT2D eigenvalue weighted by molar-refractivity contribution is 5.81. The van der Waals surface area contributed by atoms with E-state index < -0.39 is 5.60 Å². The van der Waals surface area contributed by atoms with Crippen molar-refractivity contribution in [1.82, 2.24) is 4.98 Å². The quantitative estimate of drug-likeness (QED) is 0.782. The zero-order valence-electron chi connectivity index (χ0n) is 11.5. The maximum absolute atomic E-state index is 10.8. The highest BCUT2D eigenvalue weighted by Crippen LogP contribution is 2.28. The number of rotatable bonds is 3. The molecule has 0 spiro atoms. The van der Waals surface area contributed by atoms with Gasteiger partial charge in [-0.2, -0.15) is 0 Å². The Kier molecular flexibility index (Phi) is 3.25. The maximum Gasteiger partial charge on any atom is 0.0908 e. The Morgan fingerprint density at radius 2 is 1.65 bits per heavy atom. The van der Waals surface area contributed by atoms with Gasteiger partial charge in [-0.1, -0.05) is 48.5 Å². The topological polar surface area (TPSA) is 33.1 Å². The van der Waals surface area contributed by atoms with Gasteiger partial charge in [0.25, 0.3) is 0 Å². The lowest BCUT2D eigenvalue weighted by Crippen LogP contribution is -2.24. The molecule has 0 radical (unpaired) electrons. The van der Waals surface area contributed by atoms with Crippen LogP contribution in [0.2, 0.25) is 0 Å². The van der Waals surface area contributed by atoms with Gasteiger partial charge in [-0.25, -0.2) is 0 Å². The van der Waals surface area contributed by atoms with E-state index in [0.29, 0.717) is 6.42 Å². The van der Waals surface area contributed by atoms with E-state index in [9.17, 15) is 5.11 Å². The molecule has 0 saturated heterocycles. The lowest BCUT2D eigenvalue weighted by atomic mass is 9.88. The number of hydrogen-bond donors (Lipinski definition) is 1. The molecule has 0 aliphatic heterocycles. The molecule has 2 heteroatoms. The Bertz CT molecular complexity index is 714. The fraction of sp³-hybridized carbons (Fsp3) is 0.167. The normalized spacial score (nSPS) is 14.1. The SMILES string of the molecule is CC(O)(Cc1ccnc2ccccc12)c1ccccc1. The Labute approximate surface area is 118 Å². The third kappa shape index (κ3) is 2.43. The molecule has 3 rings (SSSR count). The largest absolute Gasteiger partial charge is 0.385 e. The van der Waals surface area contributed by atoms with E-state index in [4.69, 9.17) is 0 Å². The van der Waals surface area contributed by atoms with Gasteiger partial charge in [0, 0.05) is 18.0 Å². The summed E-state index contributed by atoms with van der Waals surface area (Å²) >= 11 is 0. The fourth-order valence-electron chi connectivity index (χ4n) is 2.58. The van der Waals surface area contributed by atoms with Gasteiger partial charge in [-0.15, -0.1) is 0 Å². The summed E-state index contributed by atoms with van der Waals surface area (Å²) in [6.45, 7) is 1.86. The van der Waals surface area contributed by atoms with Crippen molar-refractivity contribution in [1.29, 1.82) is 0 Å². The van der Waals surface area contributed by atoms with Gasteiger partial charge in [0.05, 0.1) is 11.1 Å². The number of nitrogens with zero attached hydrogens (tertiary/aromatic N) is 1. The fourth-order valence-corrected chi connectivity index (χ4v) is 2.58. The number of para-hydroxylation sites is 1. The molecule has 2 nitrogen and oxygen atoms in total. The first kappa shape index (κ1) is 12.8. The first-order valence-electron chi connectivity index (χ1n) is 6.77. The molecule has 1 N–H and O–H groups in total. The van der Waals surface area contributed by atoms with Crippen LogP contribution in [-0.2, 0) is 12.0 Å². The second-order valence-electron chi connectivity index (χ2n) is 5.30. The van der Waals surface area contributed by atoms with E-state index in [2.05, 4.69) is 11.1 Å². The van der Waals surface area contributed by atoms with E-state index in [1.54, 1.807) is 6.20 Å². The maximum atomic E-state index is 10.8. The van der Waals surface area contributed by atoms with Crippen molar-refractivity contribution in [3.63, 3.8) is 0 Å². The number of benzene rings is 2. The molecule has 1 heterocycles. The molecule has 0 aliphatic carbocycles. The lowest BCUT2D eigenvalue weighted by Gasteiger charge is -2.24. The Morgan fingerprint density at radius 1 is 0.950 bits per heavy atom. The standard InChI is InChI=1S/C18H17NO/c1-18(20,15-7-3-2-4-8-15)13-14-11-12-19-17-10-6-5-9-16(14)17/h2-12,20H,13H2,1H3. The van der Waals surface area contributed by atoms with Crippen LogP contribution in [0.3, 0.4) is 0 Å². The van der Waals surface area contributed by atoms with Gasteiger partial charge >= 0.3 is 0 Å². The summed E-state index contributed by atoms with van der Waals surface area (Å²) in [6.07, 6.45) is 2.37. The predicted molar refractivity (Wildman–Crippen MR) is 81.5 cm³/mol. The summed E-state index contributed by atoms with van der Waals surface area (Å²) in [4.78, 5) is 4.36. The summed E-state index contributed by atoms with van der Waals surface area (Å²) in [5, 5.41) is 11.9. The first-order valence-corrected chi connectivity index (χ1v) is 6.77. The number of pyridine rings is 1. The Hall–Kier alpha value is -2.19. The van der Waals surface area contributed by atoms with Crippen LogP contribution in [-0.4, -0.2) is 10.1 Å². The van der Waals surface area contributed by atoms with Gasteiger partial charge in [0.2, 0.25) is 0 Å². The van der Waals surface area contributed by atoms with Crippen LogP contribution in [0.15, 0.2) is 66.9 Å². The number of aliphatic hydroxyl groups is 1. The molecular formula is C18H17NO. The molecule has 1 unspecified atom stereocenters. The van der Waals surface area contributed by atoms with Crippen LogP contribution in [0.5, 0.6) is 0 Å². The minimum Gasteiger partial charge on any atom is -0.385 e. The highest BCUT2D eigenvalue weighted by atomic mass is 16.3. The molecule has 0 amide bonds. The van der Waals surface area contributed by atoms with Gasteiger partial charge in [0.15, 0.2) is 0 Å². The van der Waals surface area contributed by atoms with E-state index in [1.165, 1.54) is 0 Å². The summed E-state index contributed by atoms with van der Waals surface area (Å²) in [5.74, 6) is 0. The van der Waals surface area contributed by atoms with Crippen molar-refractivity contribution in [3.05, 3.63) is 78.0 Å². The van der Waals surface area contributed by atoms with Crippen LogP contribution in [0.4, 0.5) is 0 Å². The number of aromatic nitrogens is 1. The van der Waals surface area contributed by atoms with E-state index in [1.807, 2.05) is 61.5 Å². The molecule has 0 aliphatic rings. The molecule has 100 valence electrons. The van der Waals surface area contributed by atoms with Crippen molar-refractivity contribution in [2.75, 3.05) is 0 Å². The summed E-state index contributed by atoms with van der Waals surface area (Å²) in [6, 6.07) is 19.8. The predicted octanol–water partition coefficient (Wildman–Crippen LogP) is 3.69. The average Bonchev–Trinajstić information content (AvgIpc) is 2.48. The van der Waals surface area contributed by atoms with Crippen molar-refractivity contribution in [2.45, 2.75) is 18.9 Å². The third-order valence-electron chi connectivity index (χ3n) is 3.67. The van der Waals surface area contributed by atoms with Gasteiger partial charge in [0.1, 0.15) is 0 Å². The van der Waals surface area contributed by atoms with Crippen LogP contribution in [0, 0.1) is 0 Å². The van der Waals surface area contributed by atoms with E-state index >= 15 is 0 Å². The first-order chi connectivity index (χ1) is 9.67. The zero-order chi connectivity index (χ0) is 14.0. The van der Waals surface area contributed by atoms with Crippen molar-refractivity contribution in [2.24, 2.45) is 0 Å². The van der Waals surface area contributed by atoms with Crippen LogP contribution in [0.1, 0.15) is 18.1 Å². The summed E-state index contributed by atoms with van der Waals surface area (Å²) in [7, 11) is 0. The molecule has 1 atom stereocenters. The summed E-state index contributed by atoms with van der Waals surface area (Å²) < 4.78 is 0.